The third-order valence-electron chi connectivity index (χ3n) is 5.59. The highest BCUT2D eigenvalue weighted by Gasteiger charge is 2.38. The van der Waals surface area contributed by atoms with Crippen LogP contribution in [0.15, 0.2) is 0 Å². The van der Waals surface area contributed by atoms with Crippen molar-refractivity contribution in [3.05, 3.63) is 0 Å². The summed E-state index contributed by atoms with van der Waals surface area (Å²) in [5, 5.41) is 3.89. The molecule has 0 aromatic carbocycles. The fourth-order valence-corrected chi connectivity index (χ4v) is 4.22. The summed E-state index contributed by atoms with van der Waals surface area (Å²) in [5.74, 6) is 0.868. The van der Waals surface area contributed by atoms with Gasteiger partial charge in [-0.2, -0.15) is 0 Å². The standard InChI is InChI=1S/C16H30N2O/c1-14-4-9-17-16(7-2-3-8-16)13-18(14)12-15-5-10-19-11-6-15/h14-15,17H,2-13H2,1H3. The van der Waals surface area contributed by atoms with Crippen LogP contribution < -0.4 is 5.32 Å². The average Bonchev–Trinajstić information content (AvgIpc) is 2.81. The molecule has 0 amide bonds. The van der Waals surface area contributed by atoms with Crippen molar-refractivity contribution in [2.24, 2.45) is 5.92 Å². The Hall–Kier alpha value is -0.120. The van der Waals surface area contributed by atoms with Crippen LogP contribution in [0.25, 0.3) is 0 Å². The zero-order chi connectivity index (χ0) is 13.1. The summed E-state index contributed by atoms with van der Waals surface area (Å²) in [6.45, 7) is 8.19. The van der Waals surface area contributed by atoms with Crippen molar-refractivity contribution in [1.82, 2.24) is 10.2 Å². The number of rotatable bonds is 2. The minimum Gasteiger partial charge on any atom is -0.381 e. The lowest BCUT2D eigenvalue weighted by Crippen LogP contribution is -2.51. The van der Waals surface area contributed by atoms with E-state index < -0.39 is 0 Å². The van der Waals surface area contributed by atoms with Crippen molar-refractivity contribution in [3.8, 4) is 0 Å². The second-order valence-corrected chi connectivity index (χ2v) is 7.04. The van der Waals surface area contributed by atoms with E-state index in [1.165, 1.54) is 64.6 Å². The van der Waals surface area contributed by atoms with Crippen LogP contribution >= 0.6 is 0 Å². The van der Waals surface area contributed by atoms with Crippen LogP contribution in [-0.4, -0.2) is 49.3 Å². The number of ether oxygens (including phenoxy) is 1. The number of hydrogen-bond acceptors (Lipinski definition) is 3. The van der Waals surface area contributed by atoms with Crippen molar-refractivity contribution in [2.45, 2.75) is 63.5 Å². The first-order valence-electron chi connectivity index (χ1n) is 8.34. The van der Waals surface area contributed by atoms with Gasteiger partial charge in [0, 0.05) is 37.9 Å². The molecule has 1 atom stereocenters. The predicted octanol–water partition coefficient (Wildman–Crippen LogP) is 2.41. The van der Waals surface area contributed by atoms with Gasteiger partial charge in [0.1, 0.15) is 0 Å². The number of nitrogens with zero attached hydrogens (tertiary/aromatic N) is 1. The van der Waals surface area contributed by atoms with E-state index in [2.05, 4.69) is 17.1 Å². The summed E-state index contributed by atoms with van der Waals surface area (Å²) in [5.41, 5.74) is 0.454. The lowest BCUT2D eigenvalue weighted by atomic mass is 9.94. The fourth-order valence-electron chi connectivity index (χ4n) is 4.22. The normalized spacial score (nSPS) is 33.6. The second-order valence-electron chi connectivity index (χ2n) is 7.04. The molecule has 2 saturated heterocycles. The van der Waals surface area contributed by atoms with Crippen molar-refractivity contribution in [1.29, 1.82) is 0 Å². The largest absolute Gasteiger partial charge is 0.381 e. The van der Waals surface area contributed by atoms with E-state index in [0.717, 1.165) is 25.2 Å². The van der Waals surface area contributed by atoms with E-state index in [0.29, 0.717) is 5.54 Å². The Bertz CT molecular complexity index is 282. The van der Waals surface area contributed by atoms with Crippen LogP contribution in [-0.2, 0) is 4.74 Å². The molecule has 2 aliphatic heterocycles. The first kappa shape index (κ1) is 13.8. The van der Waals surface area contributed by atoms with Gasteiger partial charge >= 0.3 is 0 Å². The smallest absolute Gasteiger partial charge is 0.0469 e. The zero-order valence-corrected chi connectivity index (χ0v) is 12.5. The van der Waals surface area contributed by atoms with E-state index in [1.807, 2.05) is 0 Å². The Labute approximate surface area is 118 Å². The molecule has 3 fully saturated rings. The fraction of sp³-hybridized carbons (Fsp3) is 1.00. The molecule has 1 N–H and O–H groups in total. The molecule has 3 nitrogen and oxygen atoms in total. The molecule has 1 saturated carbocycles. The first-order chi connectivity index (χ1) is 9.27. The zero-order valence-electron chi connectivity index (χ0n) is 12.5. The molecule has 0 aromatic rings. The Balaban J connectivity index is 1.62. The highest BCUT2D eigenvalue weighted by molar-refractivity contribution is 4.98. The summed E-state index contributed by atoms with van der Waals surface area (Å²) in [6.07, 6.45) is 9.48. The van der Waals surface area contributed by atoms with Gasteiger partial charge in [-0.25, -0.2) is 0 Å². The molecule has 1 unspecified atom stereocenters. The molecule has 1 spiro atoms. The first-order valence-corrected chi connectivity index (χ1v) is 8.34. The van der Waals surface area contributed by atoms with E-state index in [9.17, 15) is 0 Å². The van der Waals surface area contributed by atoms with Gasteiger partial charge in [-0.3, -0.25) is 4.90 Å². The van der Waals surface area contributed by atoms with Crippen LogP contribution in [0.3, 0.4) is 0 Å². The van der Waals surface area contributed by atoms with E-state index in [1.54, 1.807) is 0 Å². The average molecular weight is 266 g/mol. The maximum atomic E-state index is 5.50. The summed E-state index contributed by atoms with van der Waals surface area (Å²) in [7, 11) is 0. The maximum absolute atomic E-state index is 5.50. The highest BCUT2D eigenvalue weighted by atomic mass is 16.5. The molecule has 0 bridgehead atoms. The van der Waals surface area contributed by atoms with Crippen LogP contribution in [0.4, 0.5) is 0 Å². The quantitative estimate of drug-likeness (QED) is 0.830. The Morgan fingerprint density at radius 1 is 1.16 bits per heavy atom. The van der Waals surface area contributed by atoms with E-state index in [-0.39, 0.29) is 0 Å². The molecule has 1 aliphatic carbocycles. The van der Waals surface area contributed by atoms with Crippen molar-refractivity contribution < 1.29 is 4.74 Å². The van der Waals surface area contributed by atoms with Gasteiger partial charge < -0.3 is 10.1 Å². The van der Waals surface area contributed by atoms with Gasteiger partial charge in [0.25, 0.3) is 0 Å². The predicted molar refractivity (Wildman–Crippen MR) is 78.4 cm³/mol. The minimum atomic E-state index is 0.454. The van der Waals surface area contributed by atoms with Crippen LogP contribution in [0, 0.1) is 5.92 Å². The molecule has 19 heavy (non-hydrogen) atoms. The lowest BCUT2D eigenvalue weighted by molar-refractivity contribution is 0.0428. The number of hydrogen-bond donors (Lipinski definition) is 1. The third-order valence-corrected chi connectivity index (χ3v) is 5.59. The molecule has 110 valence electrons. The molecule has 3 rings (SSSR count). The van der Waals surface area contributed by atoms with Gasteiger partial charge in [0.15, 0.2) is 0 Å². The van der Waals surface area contributed by atoms with Crippen LogP contribution in [0.1, 0.15) is 51.9 Å². The lowest BCUT2D eigenvalue weighted by Gasteiger charge is -2.38. The molecular weight excluding hydrogens is 236 g/mol. The van der Waals surface area contributed by atoms with Crippen molar-refractivity contribution in [2.75, 3.05) is 32.8 Å². The van der Waals surface area contributed by atoms with Crippen LogP contribution in [0.5, 0.6) is 0 Å². The Morgan fingerprint density at radius 3 is 2.63 bits per heavy atom. The van der Waals surface area contributed by atoms with Gasteiger partial charge in [0.05, 0.1) is 0 Å². The number of nitrogens with one attached hydrogen (secondary N) is 1. The SMILES string of the molecule is CC1CCNC2(CCCC2)CN1CC1CCOCC1. The second kappa shape index (κ2) is 6.11. The van der Waals surface area contributed by atoms with Gasteiger partial charge in [-0.1, -0.05) is 12.8 Å². The van der Waals surface area contributed by atoms with E-state index in [4.69, 9.17) is 4.74 Å². The Kier molecular flexibility index (Phi) is 4.45. The summed E-state index contributed by atoms with van der Waals surface area (Å²) in [6, 6.07) is 0.746. The van der Waals surface area contributed by atoms with Crippen molar-refractivity contribution >= 4 is 0 Å². The van der Waals surface area contributed by atoms with Crippen molar-refractivity contribution in [3.63, 3.8) is 0 Å². The Morgan fingerprint density at radius 2 is 1.89 bits per heavy atom. The molecule has 3 aliphatic rings. The van der Waals surface area contributed by atoms with E-state index >= 15 is 0 Å². The summed E-state index contributed by atoms with van der Waals surface area (Å²) < 4.78 is 5.50. The molecule has 0 radical (unpaired) electrons. The molecule has 0 aromatic heterocycles. The molecule has 3 heteroatoms. The van der Waals surface area contributed by atoms with Crippen LogP contribution in [0.2, 0.25) is 0 Å². The summed E-state index contributed by atoms with van der Waals surface area (Å²) in [4.78, 5) is 2.79. The molecular formula is C16H30N2O. The molecule has 2 heterocycles. The topological polar surface area (TPSA) is 24.5 Å². The highest BCUT2D eigenvalue weighted by Crippen LogP contribution is 2.33. The summed E-state index contributed by atoms with van der Waals surface area (Å²) >= 11 is 0. The third kappa shape index (κ3) is 3.32. The van der Waals surface area contributed by atoms with Gasteiger partial charge in [-0.15, -0.1) is 0 Å². The van der Waals surface area contributed by atoms with Gasteiger partial charge in [-0.05, 0) is 51.5 Å². The maximum Gasteiger partial charge on any atom is 0.0469 e. The monoisotopic (exact) mass is 266 g/mol. The minimum absolute atomic E-state index is 0.454. The van der Waals surface area contributed by atoms with Gasteiger partial charge in [0.2, 0.25) is 0 Å².